The summed E-state index contributed by atoms with van der Waals surface area (Å²) in [6.07, 6.45) is 4.45. The van der Waals surface area contributed by atoms with Gasteiger partial charge in [0.2, 0.25) is 0 Å². The summed E-state index contributed by atoms with van der Waals surface area (Å²) in [6, 6.07) is 6.42. The van der Waals surface area contributed by atoms with E-state index in [1.165, 1.54) is 41.7 Å². The average Bonchev–Trinajstić information content (AvgIpc) is 2.86. The first-order valence-electron chi connectivity index (χ1n) is 7.12. The number of aliphatic hydroxyl groups is 1. The van der Waals surface area contributed by atoms with Gasteiger partial charge in [-0.1, -0.05) is 22.0 Å². The van der Waals surface area contributed by atoms with E-state index in [4.69, 9.17) is 0 Å². The Morgan fingerprint density at radius 2 is 1.85 bits per heavy atom. The van der Waals surface area contributed by atoms with Gasteiger partial charge < -0.3 is 5.11 Å². The summed E-state index contributed by atoms with van der Waals surface area (Å²) in [6.45, 7) is 4.13. The maximum Gasteiger partial charge on any atom is 0.113 e. The minimum Gasteiger partial charge on any atom is -0.383 e. The maximum atomic E-state index is 10.7. The molecule has 1 unspecified atom stereocenters. The van der Waals surface area contributed by atoms with Crippen LogP contribution in [0.1, 0.15) is 51.0 Å². The molecule has 2 aromatic rings. The molecule has 1 aromatic heterocycles. The van der Waals surface area contributed by atoms with Crippen molar-refractivity contribution < 1.29 is 5.11 Å². The van der Waals surface area contributed by atoms with Crippen molar-refractivity contribution in [2.45, 2.75) is 45.6 Å². The van der Waals surface area contributed by atoms with E-state index < -0.39 is 6.10 Å². The predicted octanol–water partition coefficient (Wildman–Crippen LogP) is 5.09. The van der Waals surface area contributed by atoms with Crippen LogP contribution < -0.4 is 0 Å². The highest BCUT2D eigenvalue weighted by Gasteiger charge is 2.20. The average molecular weight is 351 g/mol. The Morgan fingerprint density at radius 3 is 2.60 bits per heavy atom. The number of hydrogen-bond donors (Lipinski definition) is 1. The highest BCUT2D eigenvalue weighted by atomic mass is 79.9. The molecule has 0 amide bonds. The summed E-state index contributed by atoms with van der Waals surface area (Å²) in [5, 5.41) is 10.7. The van der Waals surface area contributed by atoms with Crippen LogP contribution in [0.5, 0.6) is 0 Å². The van der Waals surface area contributed by atoms with Crippen LogP contribution in [-0.2, 0) is 12.8 Å². The molecular weight excluding hydrogens is 332 g/mol. The lowest BCUT2D eigenvalue weighted by atomic mass is 9.97. The number of hydrogen-bond acceptors (Lipinski definition) is 2. The van der Waals surface area contributed by atoms with Crippen LogP contribution in [0.3, 0.4) is 0 Å². The number of aliphatic hydroxyl groups excluding tert-OH is 1. The van der Waals surface area contributed by atoms with Crippen LogP contribution in [0.25, 0.3) is 0 Å². The zero-order valence-corrected chi connectivity index (χ0v) is 14.3. The van der Waals surface area contributed by atoms with Gasteiger partial charge in [0.1, 0.15) is 6.10 Å². The van der Waals surface area contributed by atoms with E-state index in [9.17, 15) is 5.11 Å². The monoisotopic (exact) mass is 350 g/mol. The standard InChI is InChI=1S/C17H19BrOS/c1-10-8-14(18)11(2)7-13(10)17(19)16-9-12-5-3-4-6-15(12)20-16/h7-9,17,19H,3-6H2,1-2H3. The highest BCUT2D eigenvalue weighted by molar-refractivity contribution is 9.10. The second-order valence-electron chi connectivity index (χ2n) is 5.66. The third kappa shape index (κ3) is 2.59. The van der Waals surface area contributed by atoms with E-state index in [1.807, 2.05) is 0 Å². The Kier molecular flexibility index (Phi) is 4.02. The molecule has 20 heavy (non-hydrogen) atoms. The number of aryl methyl sites for hydroxylation is 4. The summed E-state index contributed by atoms with van der Waals surface area (Å²) in [5.74, 6) is 0. The third-order valence-corrected chi connectivity index (χ3v) is 6.27. The molecule has 1 N–H and O–H groups in total. The van der Waals surface area contributed by atoms with Crippen molar-refractivity contribution in [3.8, 4) is 0 Å². The van der Waals surface area contributed by atoms with Gasteiger partial charge in [0.15, 0.2) is 0 Å². The SMILES string of the molecule is Cc1cc(C(O)c2cc3c(s2)CCCC3)c(C)cc1Br. The number of halogens is 1. The Hall–Kier alpha value is -0.640. The first-order valence-corrected chi connectivity index (χ1v) is 8.73. The molecule has 0 fully saturated rings. The Bertz CT molecular complexity index is 621. The fraction of sp³-hybridized carbons (Fsp3) is 0.412. The summed E-state index contributed by atoms with van der Waals surface area (Å²) in [7, 11) is 0. The zero-order chi connectivity index (χ0) is 14.3. The minimum atomic E-state index is -0.489. The predicted molar refractivity (Wildman–Crippen MR) is 88.6 cm³/mol. The second kappa shape index (κ2) is 5.63. The molecule has 1 heterocycles. The fourth-order valence-electron chi connectivity index (χ4n) is 2.90. The normalized spacial score (nSPS) is 16.0. The summed E-state index contributed by atoms with van der Waals surface area (Å²) in [5.41, 5.74) is 4.80. The van der Waals surface area contributed by atoms with Crippen molar-refractivity contribution in [2.24, 2.45) is 0 Å². The summed E-state index contributed by atoms with van der Waals surface area (Å²) < 4.78 is 1.11. The van der Waals surface area contributed by atoms with E-state index in [0.717, 1.165) is 20.5 Å². The van der Waals surface area contributed by atoms with Gasteiger partial charge in [-0.15, -0.1) is 11.3 Å². The molecule has 0 spiro atoms. The Morgan fingerprint density at radius 1 is 1.10 bits per heavy atom. The molecule has 3 heteroatoms. The van der Waals surface area contributed by atoms with Gasteiger partial charge in [-0.3, -0.25) is 0 Å². The molecule has 3 rings (SSSR count). The van der Waals surface area contributed by atoms with E-state index in [0.29, 0.717) is 0 Å². The molecule has 1 aromatic carbocycles. The first-order chi connectivity index (χ1) is 9.56. The van der Waals surface area contributed by atoms with Crippen molar-refractivity contribution in [1.82, 2.24) is 0 Å². The fourth-order valence-corrected chi connectivity index (χ4v) is 4.62. The van der Waals surface area contributed by atoms with E-state index >= 15 is 0 Å². The number of thiophene rings is 1. The molecule has 1 aliphatic carbocycles. The van der Waals surface area contributed by atoms with Gasteiger partial charge in [0.05, 0.1) is 0 Å². The van der Waals surface area contributed by atoms with Crippen LogP contribution in [0, 0.1) is 13.8 Å². The van der Waals surface area contributed by atoms with Gasteiger partial charge in [-0.25, -0.2) is 0 Å². The molecule has 106 valence electrons. The van der Waals surface area contributed by atoms with E-state index in [1.54, 1.807) is 11.3 Å². The number of fused-ring (bicyclic) bond motifs is 1. The Balaban J connectivity index is 1.98. The molecule has 0 saturated heterocycles. The van der Waals surface area contributed by atoms with Crippen molar-refractivity contribution >= 4 is 27.3 Å². The third-order valence-electron chi connectivity index (χ3n) is 4.13. The zero-order valence-electron chi connectivity index (χ0n) is 11.9. The first kappa shape index (κ1) is 14.3. The van der Waals surface area contributed by atoms with Gasteiger partial charge in [0, 0.05) is 14.2 Å². The molecule has 1 nitrogen and oxygen atoms in total. The van der Waals surface area contributed by atoms with Crippen molar-refractivity contribution in [1.29, 1.82) is 0 Å². The van der Waals surface area contributed by atoms with E-state index in [2.05, 4.69) is 48.0 Å². The Labute approximate surface area is 132 Å². The smallest absolute Gasteiger partial charge is 0.113 e. The van der Waals surface area contributed by atoms with Crippen LogP contribution in [0.15, 0.2) is 22.7 Å². The number of benzene rings is 1. The topological polar surface area (TPSA) is 20.2 Å². The molecular formula is C17H19BrOS. The molecule has 0 aliphatic heterocycles. The van der Waals surface area contributed by atoms with Gasteiger partial charge in [-0.2, -0.15) is 0 Å². The molecule has 0 saturated carbocycles. The van der Waals surface area contributed by atoms with Crippen molar-refractivity contribution in [2.75, 3.05) is 0 Å². The molecule has 0 radical (unpaired) electrons. The highest BCUT2D eigenvalue weighted by Crippen LogP contribution is 2.37. The van der Waals surface area contributed by atoms with Crippen LogP contribution in [0.2, 0.25) is 0 Å². The molecule has 0 bridgehead atoms. The lowest BCUT2D eigenvalue weighted by Crippen LogP contribution is -2.01. The lowest BCUT2D eigenvalue weighted by Gasteiger charge is -2.14. The lowest BCUT2D eigenvalue weighted by molar-refractivity contribution is 0.223. The molecule has 1 aliphatic rings. The van der Waals surface area contributed by atoms with Crippen LogP contribution in [0.4, 0.5) is 0 Å². The number of rotatable bonds is 2. The van der Waals surface area contributed by atoms with Gasteiger partial charge in [0.25, 0.3) is 0 Å². The quantitative estimate of drug-likeness (QED) is 0.799. The van der Waals surface area contributed by atoms with Gasteiger partial charge >= 0.3 is 0 Å². The summed E-state index contributed by atoms with van der Waals surface area (Å²) >= 11 is 5.35. The summed E-state index contributed by atoms with van der Waals surface area (Å²) in [4.78, 5) is 2.58. The van der Waals surface area contributed by atoms with Gasteiger partial charge in [-0.05, 0) is 73.9 Å². The van der Waals surface area contributed by atoms with Crippen molar-refractivity contribution in [3.05, 3.63) is 54.7 Å². The van der Waals surface area contributed by atoms with Crippen LogP contribution in [-0.4, -0.2) is 5.11 Å². The second-order valence-corrected chi connectivity index (χ2v) is 7.69. The van der Waals surface area contributed by atoms with Crippen molar-refractivity contribution in [3.63, 3.8) is 0 Å². The van der Waals surface area contributed by atoms with Crippen LogP contribution >= 0.6 is 27.3 Å². The molecule has 1 atom stereocenters. The van der Waals surface area contributed by atoms with E-state index in [-0.39, 0.29) is 0 Å². The maximum absolute atomic E-state index is 10.7. The minimum absolute atomic E-state index is 0.489. The largest absolute Gasteiger partial charge is 0.383 e.